The van der Waals surface area contributed by atoms with Crippen LogP contribution in [0.1, 0.15) is 28.3 Å². The molecule has 1 aromatic carbocycles. The van der Waals surface area contributed by atoms with E-state index in [1.165, 1.54) is 17.4 Å². The summed E-state index contributed by atoms with van der Waals surface area (Å²) < 4.78 is 0.741. The Labute approximate surface area is 127 Å². The topological polar surface area (TPSA) is 47.6 Å². The molecule has 2 nitrogen and oxygen atoms in total. The molecule has 0 saturated heterocycles. The van der Waals surface area contributed by atoms with E-state index in [1.807, 2.05) is 42.5 Å². The van der Waals surface area contributed by atoms with E-state index < -0.39 is 0 Å². The van der Waals surface area contributed by atoms with Crippen molar-refractivity contribution in [1.82, 2.24) is 0 Å². The number of nitrogens with zero attached hydrogens (tertiary/aromatic N) is 2. The van der Waals surface area contributed by atoms with Gasteiger partial charge in [0.05, 0.1) is 22.0 Å². The first-order chi connectivity index (χ1) is 9.74. The van der Waals surface area contributed by atoms with E-state index in [9.17, 15) is 0 Å². The molecule has 0 aliphatic carbocycles. The first-order valence-electron chi connectivity index (χ1n) is 6.04. The highest BCUT2D eigenvalue weighted by molar-refractivity contribution is 7.16. The maximum atomic E-state index is 9.01. The Kier molecular flexibility index (Phi) is 4.96. The molecule has 0 amide bonds. The Morgan fingerprint density at radius 2 is 2.10 bits per heavy atom. The third-order valence-corrected chi connectivity index (χ3v) is 4.26. The zero-order chi connectivity index (χ0) is 14.4. The molecule has 0 spiro atoms. The zero-order valence-electron chi connectivity index (χ0n) is 10.6. The van der Waals surface area contributed by atoms with Gasteiger partial charge in [0.2, 0.25) is 0 Å². The van der Waals surface area contributed by atoms with Crippen molar-refractivity contribution in [3.63, 3.8) is 0 Å². The second-order valence-electron chi connectivity index (χ2n) is 4.20. The summed E-state index contributed by atoms with van der Waals surface area (Å²) in [7, 11) is 0. The summed E-state index contributed by atoms with van der Waals surface area (Å²) in [5.74, 6) is 0.116. The van der Waals surface area contributed by atoms with E-state index in [0.717, 1.165) is 14.8 Å². The van der Waals surface area contributed by atoms with Crippen molar-refractivity contribution in [2.75, 3.05) is 0 Å². The Morgan fingerprint density at radius 1 is 1.25 bits per heavy atom. The number of benzene rings is 1. The van der Waals surface area contributed by atoms with Crippen LogP contribution in [0.25, 0.3) is 0 Å². The molecule has 98 valence electrons. The highest BCUT2D eigenvalue weighted by atomic mass is 35.5. The van der Waals surface area contributed by atoms with E-state index in [2.05, 4.69) is 6.07 Å². The molecule has 1 heterocycles. The molecule has 20 heavy (non-hydrogen) atoms. The van der Waals surface area contributed by atoms with Gasteiger partial charge in [0.25, 0.3) is 0 Å². The van der Waals surface area contributed by atoms with E-state index in [-0.39, 0.29) is 5.92 Å². The molecule has 1 aromatic heterocycles. The van der Waals surface area contributed by atoms with Gasteiger partial charge in [-0.3, -0.25) is 0 Å². The van der Waals surface area contributed by atoms with E-state index >= 15 is 0 Å². The monoisotopic (exact) mass is 298 g/mol. The van der Waals surface area contributed by atoms with Crippen molar-refractivity contribution in [3.05, 3.63) is 68.9 Å². The molecule has 0 saturated carbocycles. The molecule has 0 aliphatic rings. The van der Waals surface area contributed by atoms with Crippen molar-refractivity contribution in [1.29, 1.82) is 10.5 Å². The number of hydrogen-bond acceptors (Lipinski definition) is 3. The van der Waals surface area contributed by atoms with Gasteiger partial charge < -0.3 is 0 Å². The zero-order valence-corrected chi connectivity index (χ0v) is 12.2. The number of halogens is 1. The van der Waals surface area contributed by atoms with Gasteiger partial charge in [0.1, 0.15) is 0 Å². The maximum Gasteiger partial charge on any atom is 0.0991 e. The normalized spacial score (nSPS) is 11.9. The van der Waals surface area contributed by atoms with Gasteiger partial charge in [-0.25, -0.2) is 0 Å². The smallest absolute Gasteiger partial charge is 0.0991 e. The summed E-state index contributed by atoms with van der Waals surface area (Å²) in [5, 5.41) is 17.6. The third kappa shape index (κ3) is 3.48. The van der Waals surface area contributed by atoms with Gasteiger partial charge in [-0.2, -0.15) is 10.5 Å². The van der Waals surface area contributed by atoms with Crippen LogP contribution in [0.15, 0.2) is 48.6 Å². The Hall–Kier alpha value is -2.07. The maximum absolute atomic E-state index is 9.01. The molecule has 2 aromatic rings. The van der Waals surface area contributed by atoms with E-state index in [4.69, 9.17) is 22.1 Å². The molecule has 4 heteroatoms. The van der Waals surface area contributed by atoms with Gasteiger partial charge in [0, 0.05) is 16.9 Å². The summed E-state index contributed by atoms with van der Waals surface area (Å²) in [5.41, 5.74) is 1.70. The lowest BCUT2D eigenvalue weighted by Crippen LogP contribution is -1.98. The molecule has 1 atom stereocenters. The van der Waals surface area contributed by atoms with E-state index in [1.54, 1.807) is 6.07 Å². The summed E-state index contributed by atoms with van der Waals surface area (Å²) in [6.45, 7) is 0. The fourth-order valence-corrected chi connectivity index (χ4v) is 3.22. The highest BCUT2D eigenvalue weighted by Crippen LogP contribution is 2.35. The van der Waals surface area contributed by atoms with Crippen molar-refractivity contribution >= 4 is 22.9 Å². The minimum atomic E-state index is 0.116. The fraction of sp³-hybridized carbons (Fsp3) is 0.125. The van der Waals surface area contributed by atoms with Crippen LogP contribution in [0.5, 0.6) is 0 Å². The van der Waals surface area contributed by atoms with Gasteiger partial charge >= 0.3 is 0 Å². The predicted octanol–water partition coefficient (Wildman–Crippen LogP) is 4.87. The lowest BCUT2D eigenvalue weighted by molar-refractivity contribution is 0.847. The lowest BCUT2D eigenvalue weighted by Gasteiger charge is -2.14. The number of rotatable bonds is 4. The highest BCUT2D eigenvalue weighted by Gasteiger charge is 2.15. The van der Waals surface area contributed by atoms with Crippen molar-refractivity contribution in [2.24, 2.45) is 0 Å². The Balaban J connectivity index is 2.38. The minimum Gasteiger partial charge on any atom is -0.193 e. The minimum absolute atomic E-state index is 0.116. The van der Waals surface area contributed by atoms with Crippen LogP contribution in [0.4, 0.5) is 0 Å². The molecule has 0 unspecified atom stereocenters. The third-order valence-electron chi connectivity index (χ3n) is 2.92. The second-order valence-corrected chi connectivity index (χ2v) is 5.95. The molecule has 0 bridgehead atoms. The fourth-order valence-electron chi connectivity index (χ4n) is 2.01. The van der Waals surface area contributed by atoms with Gasteiger partial charge in [0.15, 0.2) is 0 Å². The predicted molar refractivity (Wildman–Crippen MR) is 81.7 cm³/mol. The summed E-state index contributed by atoms with van der Waals surface area (Å²) in [6, 6.07) is 15.6. The van der Waals surface area contributed by atoms with Crippen LogP contribution in [-0.4, -0.2) is 0 Å². The van der Waals surface area contributed by atoms with Crippen LogP contribution >= 0.6 is 22.9 Å². The number of hydrogen-bond donors (Lipinski definition) is 0. The molecule has 0 radical (unpaired) electrons. The molecular formula is C16H11ClN2S. The molecular weight excluding hydrogens is 288 g/mol. The van der Waals surface area contributed by atoms with Crippen molar-refractivity contribution in [2.45, 2.75) is 12.3 Å². The van der Waals surface area contributed by atoms with Crippen LogP contribution in [0, 0.1) is 22.7 Å². The summed E-state index contributed by atoms with van der Waals surface area (Å²) >= 11 is 7.54. The first-order valence-corrected chi connectivity index (χ1v) is 7.24. The molecule has 0 N–H and O–H groups in total. The average molecular weight is 299 g/mol. The average Bonchev–Trinajstić information content (AvgIpc) is 2.90. The van der Waals surface area contributed by atoms with Gasteiger partial charge in [-0.05, 0) is 36.2 Å². The molecule has 0 fully saturated rings. The van der Waals surface area contributed by atoms with Crippen LogP contribution < -0.4 is 0 Å². The van der Waals surface area contributed by atoms with Gasteiger partial charge in [-0.15, -0.1) is 11.3 Å². The van der Waals surface area contributed by atoms with Crippen LogP contribution in [0.3, 0.4) is 0 Å². The summed E-state index contributed by atoms with van der Waals surface area (Å²) in [4.78, 5) is 1.13. The number of nitriles is 2. The SMILES string of the molecule is N#C/C=C/C[C@@H](c1cccc(C#N)c1)c1ccc(Cl)s1. The van der Waals surface area contributed by atoms with Crippen LogP contribution in [0.2, 0.25) is 4.34 Å². The van der Waals surface area contributed by atoms with Crippen molar-refractivity contribution < 1.29 is 0 Å². The standard InChI is InChI=1S/C16H11ClN2S/c17-16-8-7-15(20-16)14(6-1-2-9-18)13-5-3-4-12(10-13)11-19/h1-5,7-8,10,14H,6H2/b2-1+/t14-/m0/s1. The van der Waals surface area contributed by atoms with Crippen LogP contribution in [-0.2, 0) is 0 Å². The lowest BCUT2D eigenvalue weighted by atomic mass is 9.93. The van der Waals surface area contributed by atoms with Crippen molar-refractivity contribution in [3.8, 4) is 12.1 Å². The number of allylic oxidation sites excluding steroid dienone is 2. The second kappa shape index (κ2) is 6.91. The van der Waals surface area contributed by atoms with E-state index in [0.29, 0.717) is 12.0 Å². The summed E-state index contributed by atoms with van der Waals surface area (Å²) in [6.07, 6.45) is 4.03. The molecule has 0 aliphatic heterocycles. The molecule has 2 rings (SSSR count). The Bertz CT molecular complexity index is 704. The Morgan fingerprint density at radius 3 is 2.75 bits per heavy atom. The first kappa shape index (κ1) is 14.3. The quantitative estimate of drug-likeness (QED) is 0.756. The van der Waals surface area contributed by atoms with Gasteiger partial charge in [-0.1, -0.05) is 29.8 Å². The number of thiophene rings is 1. The largest absolute Gasteiger partial charge is 0.193 e.